The molecule has 0 heterocycles. The molecule has 1 aromatic rings. The van der Waals surface area contributed by atoms with E-state index in [4.69, 9.17) is 5.73 Å². The van der Waals surface area contributed by atoms with Gasteiger partial charge in [0.15, 0.2) is 5.96 Å². The number of nitrogens with two attached hydrogens (primary N) is 1. The van der Waals surface area contributed by atoms with Gasteiger partial charge in [0, 0.05) is 12.2 Å². The van der Waals surface area contributed by atoms with Crippen molar-refractivity contribution in [3.05, 3.63) is 29.8 Å². The molecule has 1 unspecified atom stereocenters. The van der Waals surface area contributed by atoms with Gasteiger partial charge in [-0.2, -0.15) is 0 Å². The van der Waals surface area contributed by atoms with E-state index < -0.39 is 0 Å². The van der Waals surface area contributed by atoms with E-state index in [1.807, 2.05) is 0 Å². The molecular weight excluding hydrogens is 387 g/mol. The molecule has 0 aliphatic carbocycles. The van der Waals surface area contributed by atoms with Gasteiger partial charge < -0.3 is 16.0 Å². The van der Waals surface area contributed by atoms with Gasteiger partial charge >= 0.3 is 0 Å². The van der Waals surface area contributed by atoms with Crippen molar-refractivity contribution in [2.24, 2.45) is 10.7 Å². The highest BCUT2D eigenvalue weighted by Crippen LogP contribution is 2.20. The third-order valence-corrected chi connectivity index (χ3v) is 3.96. The summed E-state index contributed by atoms with van der Waals surface area (Å²) in [5.74, 6) is 1.08. The highest BCUT2D eigenvalue weighted by molar-refractivity contribution is 14.0. The minimum absolute atomic E-state index is 0. The standard InChI is InChI=1S/C17H30N4.HI/c1-5-14(4)15-8-10-16(11-9-15)20-17(18)19-12-13-21(6-2)7-3;/h8-11,14H,5-7,12-13H2,1-4H3,(H3,18,19,20);1H. The Kier molecular flexibility index (Phi) is 11.3. The van der Waals surface area contributed by atoms with Crippen LogP contribution >= 0.6 is 24.0 Å². The van der Waals surface area contributed by atoms with Crippen molar-refractivity contribution in [1.29, 1.82) is 0 Å². The Morgan fingerprint density at radius 2 is 1.77 bits per heavy atom. The summed E-state index contributed by atoms with van der Waals surface area (Å²) in [6, 6.07) is 8.43. The number of anilines is 1. The number of halogens is 1. The van der Waals surface area contributed by atoms with Crippen molar-refractivity contribution < 1.29 is 0 Å². The third-order valence-electron chi connectivity index (χ3n) is 3.96. The van der Waals surface area contributed by atoms with E-state index in [1.165, 1.54) is 5.56 Å². The predicted molar refractivity (Wildman–Crippen MR) is 108 cm³/mol. The quantitative estimate of drug-likeness (QED) is 0.383. The van der Waals surface area contributed by atoms with Crippen molar-refractivity contribution in [3.63, 3.8) is 0 Å². The molecule has 5 heteroatoms. The lowest BCUT2D eigenvalue weighted by Gasteiger charge is -2.16. The van der Waals surface area contributed by atoms with Crippen LogP contribution in [0.1, 0.15) is 45.6 Å². The molecule has 0 fully saturated rings. The molecule has 22 heavy (non-hydrogen) atoms. The molecule has 1 rings (SSSR count). The number of rotatable bonds is 8. The summed E-state index contributed by atoms with van der Waals surface area (Å²) in [6.45, 7) is 12.5. The number of hydrogen-bond donors (Lipinski definition) is 2. The maximum atomic E-state index is 5.92. The van der Waals surface area contributed by atoms with E-state index in [1.54, 1.807) is 0 Å². The van der Waals surface area contributed by atoms with Gasteiger partial charge in [-0.05, 0) is 43.1 Å². The summed E-state index contributed by atoms with van der Waals surface area (Å²) in [5, 5.41) is 3.15. The van der Waals surface area contributed by atoms with Gasteiger partial charge in [0.1, 0.15) is 0 Å². The van der Waals surface area contributed by atoms with Gasteiger partial charge in [0.25, 0.3) is 0 Å². The molecule has 0 radical (unpaired) electrons. The van der Waals surface area contributed by atoms with Crippen molar-refractivity contribution >= 4 is 35.6 Å². The van der Waals surface area contributed by atoms with Crippen LogP contribution in [0.15, 0.2) is 29.3 Å². The van der Waals surface area contributed by atoms with Crippen molar-refractivity contribution in [2.45, 2.75) is 40.0 Å². The zero-order valence-electron chi connectivity index (χ0n) is 14.3. The monoisotopic (exact) mass is 418 g/mol. The van der Waals surface area contributed by atoms with Crippen LogP contribution in [0.4, 0.5) is 5.69 Å². The molecule has 0 bridgehead atoms. The van der Waals surface area contributed by atoms with Crippen LogP contribution in [0.25, 0.3) is 0 Å². The Morgan fingerprint density at radius 3 is 2.27 bits per heavy atom. The first-order chi connectivity index (χ1) is 10.1. The normalized spacial score (nSPS) is 12.9. The fourth-order valence-electron chi connectivity index (χ4n) is 2.17. The summed E-state index contributed by atoms with van der Waals surface area (Å²) in [5.41, 5.74) is 8.27. The van der Waals surface area contributed by atoms with Crippen LogP contribution in [0.3, 0.4) is 0 Å². The Labute approximate surface area is 152 Å². The molecule has 0 aliphatic heterocycles. The van der Waals surface area contributed by atoms with Crippen LogP contribution in [-0.4, -0.2) is 37.0 Å². The topological polar surface area (TPSA) is 53.6 Å². The van der Waals surface area contributed by atoms with Gasteiger partial charge in [-0.1, -0.05) is 39.8 Å². The van der Waals surface area contributed by atoms with Crippen molar-refractivity contribution in [1.82, 2.24) is 4.90 Å². The average Bonchev–Trinajstić information content (AvgIpc) is 2.51. The number of likely N-dealkylation sites (N-methyl/N-ethyl adjacent to an activating group) is 1. The van der Waals surface area contributed by atoms with Crippen molar-refractivity contribution in [3.8, 4) is 0 Å². The molecule has 4 nitrogen and oxygen atoms in total. The first-order valence-electron chi connectivity index (χ1n) is 7.99. The van der Waals surface area contributed by atoms with Gasteiger partial charge in [0.2, 0.25) is 0 Å². The highest BCUT2D eigenvalue weighted by Gasteiger charge is 2.03. The Bertz CT molecular complexity index is 427. The zero-order chi connectivity index (χ0) is 15.7. The fraction of sp³-hybridized carbons (Fsp3) is 0.588. The second-order valence-corrected chi connectivity index (χ2v) is 5.35. The minimum atomic E-state index is 0. The molecule has 0 aliphatic rings. The van der Waals surface area contributed by atoms with Crippen LogP contribution < -0.4 is 11.1 Å². The van der Waals surface area contributed by atoms with Gasteiger partial charge in [0.05, 0.1) is 6.54 Å². The minimum Gasteiger partial charge on any atom is -0.370 e. The summed E-state index contributed by atoms with van der Waals surface area (Å²) < 4.78 is 0. The third kappa shape index (κ3) is 7.45. The maximum absolute atomic E-state index is 5.92. The Balaban J connectivity index is 0.00000441. The number of hydrogen-bond acceptors (Lipinski definition) is 2. The van der Waals surface area contributed by atoms with Gasteiger partial charge in [-0.25, -0.2) is 0 Å². The summed E-state index contributed by atoms with van der Waals surface area (Å²) >= 11 is 0. The number of aliphatic imine (C=N–C) groups is 1. The molecule has 0 amide bonds. The fourth-order valence-corrected chi connectivity index (χ4v) is 2.17. The molecule has 0 saturated heterocycles. The van der Waals surface area contributed by atoms with Crippen LogP contribution in [-0.2, 0) is 0 Å². The SMILES string of the molecule is CCC(C)c1ccc(NC(N)=NCCN(CC)CC)cc1.I. The second-order valence-electron chi connectivity index (χ2n) is 5.35. The van der Waals surface area contributed by atoms with E-state index in [0.29, 0.717) is 11.9 Å². The highest BCUT2D eigenvalue weighted by atomic mass is 127. The van der Waals surface area contributed by atoms with E-state index in [-0.39, 0.29) is 24.0 Å². The lowest BCUT2D eigenvalue weighted by molar-refractivity contribution is 0.313. The van der Waals surface area contributed by atoms with Gasteiger partial charge in [-0.3, -0.25) is 4.99 Å². The molecule has 0 aromatic heterocycles. The van der Waals surface area contributed by atoms with Crippen LogP contribution in [0.2, 0.25) is 0 Å². The maximum Gasteiger partial charge on any atom is 0.193 e. The number of nitrogens with one attached hydrogen (secondary N) is 1. The molecule has 1 atom stereocenters. The van der Waals surface area contributed by atoms with Gasteiger partial charge in [-0.15, -0.1) is 24.0 Å². The number of benzene rings is 1. The van der Waals surface area contributed by atoms with Crippen molar-refractivity contribution in [2.75, 3.05) is 31.5 Å². The summed E-state index contributed by atoms with van der Waals surface area (Å²) in [4.78, 5) is 6.70. The largest absolute Gasteiger partial charge is 0.370 e. The lowest BCUT2D eigenvalue weighted by Crippen LogP contribution is -2.28. The van der Waals surface area contributed by atoms with E-state index in [2.05, 4.69) is 67.2 Å². The zero-order valence-corrected chi connectivity index (χ0v) is 16.6. The number of nitrogens with zero attached hydrogens (tertiary/aromatic N) is 2. The number of guanidine groups is 1. The van der Waals surface area contributed by atoms with Crippen LogP contribution in [0.5, 0.6) is 0 Å². The Morgan fingerprint density at radius 1 is 1.18 bits per heavy atom. The molecule has 0 spiro atoms. The Hall–Kier alpha value is -0.820. The predicted octanol–water partition coefficient (Wildman–Crippen LogP) is 3.89. The first kappa shape index (κ1) is 21.2. The summed E-state index contributed by atoms with van der Waals surface area (Å²) in [6.07, 6.45) is 1.15. The van der Waals surface area contributed by atoms with Crippen LogP contribution in [0, 0.1) is 0 Å². The molecule has 0 saturated carbocycles. The van der Waals surface area contributed by atoms with E-state index >= 15 is 0 Å². The average molecular weight is 418 g/mol. The smallest absolute Gasteiger partial charge is 0.193 e. The van der Waals surface area contributed by atoms with E-state index in [0.717, 1.165) is 38.3 Å². The summed E-state index contributed by atoms with van der Waals surface area (Å²) in [7, 11) is 0. The second kappa shape index (κ2) is 11.7. The first-order valence-corrected chi connectivity index (χ1v) is 7.99. The molecule has 1 aromatic carbocycles. The molecular formula is C17H31IN4. The molecule has 126 valence electrons. The lowest BCUT2D eigenvalue weighted by atomic mass is 9.99. The van der Waals surface area contributed by atoms with E-state index in [9.17, 15) is 0 Å². The molecule has 3 N–H and O–H groups in total.